The molecule has 0 aliphatic heterocycles. The molecule has 0 saturated carbocycles. The molecule has 30 heavy (non-hydrogen) atoms. The fraction of sp³-hybridized carbons (Fsp3) is 0.353. The second-order valence-electron chi connectivity index (χ2n) is 6.80. The van der Waals surface area contributed by atoms with Crippen molar-refractivity contribution >= 4 is 33.0 Å². The number of sulfonamides is 1. The van der Waals surface area contributed by atoms with Crippen molar-refractivity contribution in [3.63, 3.8) is 0 Å². The van der Waals surface area contributed by atoms with Gasteiger partial charge in [0.1, 0.15) is 9.75 Å². The molecule has 0 spiro atoms. The topological polar surface area (TPSA) is 75.3 Å². The van der Waals surface area contributed by atoms with Crippen molar-refractivity contribution in [2.75, 3.05) is 5.32 Å². The maximum Gasteiger partial charge on any atom is 0.416 e. The van der Waals surface area contributed by atoms with Crippen LogP contribution in [-0.4, -0.2) is 26.0 Å². The lowest BCUT2D eigenvalue weighted by Gasteiger charge is -2.28. The van der Waals surface area contributed by atoms with Crippen molar-refractivity contribution in [1.82, 2.24) is 4.72 Å². The highest BCUT2D eigenvalue weighted by Crippen LogP contribution is 2.34. The van der Waals surface area contributed by atoms with Gasteiger partial charge < -0.3 is 5.32 Å². The molecule has 2 aromatic rings. The zero-order valence-electron chi connectivity index (χ0n) is 15.7. The van der Waals surface area contributed by atoms with E-state index in [9.17, 15) is 39.6 Å². The molecule has 1 aromatic carbocycles. The van der Waals surface area contributed by atoms with Crippen LogP contribution in [0.15, 0.2) is 34.5 Å². The van der Waals surface area contributed by atoms with Crippen LogP contribution in [0.5, 0.6) is 0 Å². The Morgan fingerprint density at radius 3 is 2.17 bits per heavy atom. The second kappa shape index (κ2) is 7.85. The molecule has 0 fully saturated rings. The Labute approximate surface area is 172 Å². The van der Waals surface area contributed by atoms with E-state index in [1.165, 1.54) is 13.0 Å². The number of rotatable bonds is 5. The predicted molar refractivity (Wildman–Crippen MR) is 98.9 cm³/mol. The summed E-state index contributed by atoms with van der Waals surface area (Å²) in [6, 6.07) is 4.67. The van der Waals surface area contributed by atoms with E-state index in [0.29, 0.717) is 31.3 Å². The number of hydrogen-bond donors (Lipinski definition) is 2. The Morgan fingerprint density at radius 2 is 1.63 bits per heavy atom. The average molecular weight is 474 g/mol. The minimum absolute atomic E-state index is 0.157. The van der Waals surface area contributed by atoms with Gasteiger partial charge in [0, 0.05) is 10.6 Å². The molecule has 5 nitrogen and oxygen atoms in total. The first-order valence-electron chi connectivity index (χ1n) is 8.14. The molecule has 166 valence electrons. The number of aryl methyl sites for hydroxylation is 1. The van der Waals surface area contributed by atoms with E-state index in [1.54, 1.807) is 4.72 Å². The Morgan fingerprint density at radius 1 is 1.03 bits per heavy atom. The largest absolute Gasteiger partial charge is 0.416 e. The maximum absolute atomic E-state index is 13.0. The van der Waals surface area contributed by atoms with Gasteiger partial charge in [-0.05, 0) is 45.0 Å². The Balaban J connectivity index is 2.29. The monoisotopic (exact) mass is 474 g/mol. The number of amides is 1. The number of carbonyl (C=O) groups is 1. The molecule has 0 aliphatic carbocycles. The first kappa shape index (κ1) is 24.2. The van der Waals surface area contributed by atoms with Crippen molar-refractivity contribution in [2.45, 2.75) is 42.9 Å². The van der Waals surface area contributed by atoms with Crippen molar-refractivity contribution in [2.24, 2.45) is 0 Å². The lowest BCUT2D eigenvalue weighted by Crippen LogP contribution is -2.53. The lowest BCUT2D eigenvalue weighted by atomic mass is 10.1. The van der Waals surface area contributed by atoms with E-state index in [4.69, 9.17) is 0 Å². The summed E-state index contributed by atoms with van der Waals surface area (Å²) in [7, 11) is -4.62. The fourth-order valence-electron chi connectivity index (χ4n) is 2.23. The first-order chi connectivity index (χ1) is 13.4. The average Bonchev–Trinajstić information content (AvgIpc) is 2.95. The third kappa shape index (κ3) is 5.32. The maximum atomic E-state index is 13.0. The minimum atomic E-state index is -4.87. The SMILES string of the molecule is Cc1sc(S(=O)(=O)NC(C)(C)C(F)(F)F)cc1C(=O)Nc1cccc(C(F)(F)F)c1. The molecule has 0 radical (unpaired) electrons. The molecular weight excluding hydrogens is 458 g/mol. The molecule has 0 unspecified atom stereocenters. The van der Waals surface area contributed by atoms with Crippen molar-refractivity contribution in [1.29, 1.82) is 0 Å². The van der Waals surface area contributed by atoms with Gasteiger partial charge in [0.25, 0.3) is 15.9 Å². The first-order valence-corrected chi connectivity index (χ1v) is 10.4. The molecule has 2 N–H and O–H groups in total. The van der Waals surface area contributed by atoms with Crippen LogP contribution in [0.2, 0.25) is 0 Å². The quantitative estimate of drug-likeness (QED) is 0.603. The van der Waals surface area contributed by atoms with E-state index in [0.717, 1.165) is 18.2 Å². The van der Waals surface area contributed by atoms with Crippen LogP contribution in [0, 0.1) is 6.92 Å². The van der Waals surface area contributed by atoms with Crippen LogP contribution < -0.4 is 10.0 Å². The van der Waals surface area contributed by atoms with E-state index >= 15 is 0 Å². The van der Waals surface area contributed by atoms with Crippen LogP contribution in [0.25, 0.3) is 0 Å². The van der Waals surface area contributed by atoms with E-state index in [2.05, 4.69) is 5.32 Å². The van der Waals surface area contributed by atoms with Gasteiger partial charge in [0.2, 0.25) is 0 Å². The number of nitrogens with one attached hydrogen (secondary N) is 2. The van der Waals surface area contributed by atoms with Crippen molar-refractivity contribution < 1.29 is 39.6 Å². The third-order valence-corrected chi connectivity index (χ3v) is 7.13. The van der Waals surface area contributed by atoms with E-state index in [1.807, 2.05) is 0 Å². The van der Waals surface area contributed by atoms with E-state index in [-0.39, 0.29) is 16.1 Å². The van der Waals surface area contributed by atoms with Gasteiger partial charge in [-0.1, -0.05) is 6.07 Å². The highest BCUT2D eigenvalue weighted by atomic mass is 32.2. The van der Waals surface area contributed by atoms with Crippen molar-refractivity contribution in [3.8, 4) is 0 Å². The summed E-state index contributed by atoms with van der Waals surface area (Å²) in [5, 5.41) is 2.22. The zero-order valence-corrected chi connectivity index (χ0v) is 17.3. The standard InChI is InChI=1S/C17H16F6N2O3S2/c1-9-12(14(26)24-11-6-4-5-10(7-11)16(18,19)20)8-13(29-9)30(27,28)25-15(2,3)17(21,22)23/h4-8,25H,1-3H3,(H,24,26). The van der Waals surface area contributed by atoms with Crippen LogP contribution in [-0.2, 0) is 16.2 Å². The summed E-state index contributed by atoms with van der Waals surface area (Å²) in [6.45, 7) is 2.65. The summed E-state index contributed by atoms with van der Waals surface area (Å²) in [5.41, 5.74) is -4.13. The van der Waals surface area contributed by atoms with Crippen molar-refractivity contribution in [3.05, 3.63) is 46.3 Å². The Kier molecular flexibility index (Phi) is 6.32. The van der Waals surface area contributed by atoms with Gasteiger partial charge in [-0.25, -0.2) is 8.42 Å². The zero-order chi connectivity index (χ0) is 23.1. The molecule has 0 saturated heterocycles. The summed E-state index contributed by atoms with van der Waals surface area (Å²) >= 11 is 0.560. The van der Waals surface area contributed by atoms with Crippen LogP contribution in [0.1, 0.15) is 34.6 Å². The highest BCUT2D eigenvalue weighted by molar-refractivity contribution is 7.91. The molecular formula is C17H16F6N2O3S2. The van der Waals surface area contributed by atoms with E-state index < -0.39 is 43.6 Å². The summed E-state index contributed by atoms with van der Waals surface area (Å²) < 4.78 is 103. The van der Waals surface area contributed by atoms with Gasteiger partial charge in [-0.2, -0.15) is 31.1 Å². The van der Waals surface area contributed by atoms with Gasteiger partial charge in [0.15, 0.2) is 0 Å². The molecule has 0 aliphatic rings. The number of alkyl halides is 6. The molecule has 1 aromatic heterocycles. The van der Waals surface area contributed by atoms with Crippen LogP contribution in [0.4, 0.5) is 32.0 Å². The van der Waals surface area contributed by atoms with Crippen LogP contribution >= 0.6 is 11.3 Å². The van der Waals surface area contributed by atoms with Gasteiger partial charge in [-0.15, -0.1) is 11.3 Å². The number of thiophene rings is 1. The van der Waals surface area contributed by atoms with Gasteiger partial charge in [0.05, 0.1) is 11.1 Å². The molecule has 13 heteroatoms. The smallest absolute Gasteiger partial charge is 0.322 e. The Bertz CT molecular complexity index is 1060. The Hall–Kier alpha value is -2.12. The third-order valence-electron chi connectivity index (χ3n) is 3.95. The normalized spacial score (nSPS) is 13.4. The summed E-state index contributed by atoms with van der Waals surface area (Å²) in [6.07, 6.45) is -9.49. The number of halogens is 6. The second-order valence-corrected chi connectivity index (χ2v) is 9.96. The highest BCUT2D eigenvalue weighted by Gasteiger charge is 2.50. The summed E-state index contributed by atoms with van der Waals surface area (Å²) in [5.74, 6) is -0.903. The number of hydrogen-bond acceptors (Lipinski definition) is 4. The molecule has 1 heterocycles. The van der Waals surface area contributed by atoms with Gasteiger partial charge in [-0.3, -0.25) is 4.79 Å². The number of anilines is 1. The van der Waals surface area contributed by atoms with Gasteiger partial charge >= 0.3 is 12.4 Å². The number of benzene rings is 1. The van der Waals surface area contributed by atoms with Crippen LogP contribution in [0.3, 0.4) is 0 Å². The fourth-order valence-corrected chi connectivity index (χ4v) is 5.07. The number of carbonyl (C=O) groups excluding carboxylic acids is 1. The molecule has 0 bridgehead atoms. The molecule has 1 amide bonds. The predicted octanol–water partition coefficient (Wildman–Crippen LogP) is 4.95. The minimum Gasteiger partial charge on any atom is -0.322 e. The lowest BCUT2D eigenvalue weighted by molar-refractivity contribution is -0.180. The molecule has 2 rings (SSSR count). The summed E-state index contributed by atoms with van der Waals surface area (Å²) in [4.78, 5) is 12.6. The molecule has 0 atom stereocenters.